The molecule has 2 N–H and O–H groups in total. The lowest BCUT2D eigenvalue weighted by molar-refractivity contribution is 0.0880. The largest absolute Gasteiger partial charge is 0.396 e. The number of nitrogens with one attached hydrogen (secondary N) is 1. The number of hydrogen-bond acceptors (Lipinski definition) is 4. The first kappa shape index (κ1) is 13.9. The van der Waals surface area contributed by atoms with Crippen molar-refractivity contribution in [3.63, 3.8) is 0 Å². The molecule has 1 aromatic rings. The normalized spacial score (nSPS) is 14.1. The third-order valence-electron chi connectivity index (χ3n) is 2.72. The number of halogens is 1. The summed E-state index contributed by atoms with van der Waals surface area (Å²) in [7, 11) is 0. The number of nitrogens with zero attached hydrogens (tertiary/aromatic N) is 2. The van der Waals surface area contributed by atoms with Crippen LogP contribution >= 0.6 is 11.6 Å². The van der Waals surface area contributed by atoms with Crippen molar-refractivity contribution in [2.45, 2.75) is 32.2 Å². The van der Waals surface area contributed by atoms with Crippen molar-refractivity contribution in [3.8, 4) is 0 Å². The minimum absolute atomic E-state index is 0.0247. The molecule has 0 saturated heterocycles. The van der Waals surface area contributed by atoms with Gasteiger partial charge in [-0.15, -0.1) is 10.2 Å². The lowest BCUT2D eigenvalue weighted by Gasteiger charge is -2.28. The Morgan fingerprint density at radius 1 is 1.53 bits per heavy atom. The van der Waals surface area contributed by atoms with Gasteiger partial charge in [0.1, 0.15) is 0 Å². The van der Waals surface area contributed by atoms with Crippen molar-refractivity contribution in [2.24, 2.45) is 0 Å². The van der Waals surface area contributed by atoms with E-state index in [1.807, 2.05) is 13.8 Å². The van der Waals surface area contributed by atoms with Gasteiger partial charge < -0.3 is 10.4 Å². The smallest absolute Gasteiger partial charge is 0.272 e. The van der Waals surface area contributed by atoms with E-state index in [2.05, 4.69) is 15.5 Å². The van der Waals surface area contributed by atoms with Crippen LogP contribution in [0.5, 0.6) is 0 Å². The molecule has 1 aromatic heterocycles. The molecule has 5 nitrogen and oxygen atoms in total. The van der Waals surface area contributed by atoms with Crippen molar-refractivity contribution in [1.82, 2.24) is 15.5 Å². The molecular weight excluding hydrogens is 242 g/mol. The fraction of sp³-hybridized carbons (Fsp3) is 0.545. The van der Waals surface area contributed by atoms with E-state index in [0.717, 1.165) is 6.42 Å². The molecule has 0 aliphatic rings. The van der Waals surface area contributed by atoms with Crippen molar-refractivity contribution in [1.29, 1.82) is 0 Å². The summed E-state index contributed by atoms with van der Waals surface area (Å²) >= 11 is 5.59. The van der Waals surface area contributed by atoms with Gasteiger partial charge in [0.15, 0.2) is 10.8 Å². The second kappa shape index (κ2) is 5.93. The van der Waals surface area contributed by atoms with Gasteiger partial charge in [-0.05, 0) is 31.9 Å². The first-order valence-corrected chi connectivity index (χ1v) is 5.81. The highest BCUT2D eigenvalue weighted by atomic mass is 35.5. The maximum absolute atomic E-state index is 11.9. The average Bonchev–Trinajstić information content (AvgIpc) is 2.30. The fourth-order valence-electron chi connectivity index (χ4n) is 1.35. The zero-order valence-electron chi connectivity index (χ0n) is 9.90. The number of aliphatic hydroxyl groups is 1. The second-order valence-electron chi connectivity index (χ2n) is 4.08. The number of rotatable bonds is 5. The monoisotopic (exact) mass is 257 g/mol. The molecular formula is C11H16ClN3O2. The van der Waals surface area contributed by atoms with Crippen molar-refractivity contribution in [2.75, 3.05) is 6.61 Å². The van der Waals surface area contributed by atoms with Gasteiger partial charge >= 0.3 is 0 Å². The molecule has 1 atom stereocenters. The maximum atomic E-state index is 11.9. The van der Waals surface area contributed by atoms with Crippen LogP contribution in [0.4, 0.5) is 0 Å². The molecule has 0 aliphatic carbocycles. The van der Waals surface area contributed by atoms with E-state index >= 15 is 0 Å². The lowest BCUT2D eigenvalue weighted by atomic mass is 9.95. The summed E-state index contributed by atoms with van der Waals surface area (Å²) < 4.78 is 0. The van der Waals surface area contributed by atoms with Crippen molar-refractivity contribution >= 4 is 17.5 Å². The molecule has 0 saturated carbocycles. The summed E-state index contributed by atoms with van der Waals surface area (Å²) in [6.07, 6.45) is 1.22. The minimum Gasteiger partial charge on any atom is -0.396 e. The molecule has 1 heterocycles. The van der Waals surface area contributed by atoms with Gasteiger partial charge in [0.2, 0.25) is 0 Å². The van der Waals surface area contributed by atoms with Gasteiger partial charge in [0, 0.05) is 12.1 Å². The van der Waals surface area contributed by atoms with Crippen LogP contribution in [0.25, 0.3) is 0 Å². The van der Waals surface area contributed by atoms with Crippen LogP contribution in [0.2, 0.25) is 5.15 Å². The number of carbonyl (C=O) groups excluding carboxylic acids is 1. The molecule has 1 amide bonds. The third-order valence-corrected chi connectivity index (χ3v) is 2.93. The molecule has 0 bridgehead atoms. The summed E-state index contributed by atoms with van der Waals surface area (Å²) in [4.78, 5) is 11.9. The number of aliphatic hydroxyl groups excluding tert-OH is 1. The predicted molar refractivity (Wildman–Crippen MR) is 64.9 cm³/mol. The van der Waals surface area contributed by atoms with Crippen molar-refractivity contribution < 1.29 is 9.90 Å². The van der Waals surface area contributed by atoms with E-state index < -0.39 is 5.54 Å². The van der Waals surface area contributed by atoms with Crippen LogP contribution in [0.15, 0.2) is 12.1 Å². The minimum atomic E-state index is -0.437. The standard InChI is InChI=1S/C11H16ClN3O2/c1-3-11(2,6-7-16)13-10(17)8-4-5-9(12)15-14-8/h4-5,16H,3,6-7H2,1-2H3,(H,13,17). The zero-order chi connectivity index (χ0) is 12.9. The predicted octanol–water partition coefficient (Wildman–Crippen LogP) is 1.41. The summed E-state index contributed by atoms with van der Waals surface area (Å²) in [5, 5.41) is 19.3. The molecule has 1 rings (SSSR count). The Balaban J connectivity index is 2.74. The lowest BCUT2D eigenvalue weighted by Crippen LogP contribution is -2.46. The topological polar surface area (TPSA) is 75.1 Å². The van der Waals surface area contributed by atoms with Gasteiger partial charge in [0.05, 0.1) is 0 Å². The quantitative estimate of drug-likeness (QED) is 0.836. The first-order chi connectivity index (χ1) is 8.00. The maximum Gasteiger partial charge on any atom is 0.272 e. The van der Waals surface area contributed by atoms with E-state index in [0.29, 0.717) is 6.42 Å². The Labute approximate surface area is 105 Å². The molecule has 0 spiro atoms. The van der Waals surface area contributed by atoms with Crippen LogP contribution < -0.4 is 5.32 Å². The first-order valence-electron chi connectivity index (χ1n) is 5.43. The summed E-state index contributed by atoms with van der Waals surface area (Å²) in [6, 6.07) is 3.03. The molecule has 0 aliphatic heterocycles. The Kier molecular flexibility index (Phi) is 4.84. The van der Waals surface area contributed by atoms with E-state index in [1.54, 1.807) is 0 Å². The molecule has 1 unspecified atom stereocenters. The number of amides is 1. The number of carbonyl (C=O) groups is 1. The van der Waals surface area contributed by atoms with E-state index in [1.165, 1.54) is 12.1 Å². The highest BCUT2D eigenvalue weighted by Gasteiger charge is 2.24. The highest BCUT2D eigenvalue weighted by Crippen LogP contribution is 2.14. The fourth-order valence-corrected chi connectivity index (χ4v) is 1.45. The number of aromatic nitrogens is 2. The molecule has 94 valence electrons. The summed E-state index contributed by atoms with van der Waals surface area (Å²) in [6.45, 7) is 3.85. The molecule has 0 radical (unpaired) electrons. The number of hydrogen-bond donors (Lipinski definition) is 2. The Morgan fingerprint density at radius 2 is 2.24 bits per heavy atom. The Bertz CT molecular complexity index is 383. The van der Waals surface area contributed by atoms with Crippen LogP contribution in [0.3, 0.4) is 0 Å². The summed E-state index contributed by atoms with van der Waals surface area (Å²) in [5.74, 6) is -0.313. The average molecular weight is 258 g/mol. The third kappa shape index (κ3) is 3.94. The Morgan fingerprint density at radius 3 is 2.71 bits per heavy atom. The van der Waals surface area contributed by atoms with E-state index in [-0.39, 0.29) is 23.4 Å². The van der Waals surface area contributed by atoms with Gasteiger partial charge in [-0.1, -0.05) is 18.5 Å². The van der Waals surface area contributed by atoms with Gasteiger partial charge in [-0.25, -0.2) is 0 Å². The molecule has 0 aromatic carbocycles. The van der Waals surface area contributed by atoms with Gasteiger partial charge in [-0.2, -0.15) is 0 Å². The van der Waals surface area contributed by atoms with E-state index in [4.69, 9.17) is 16.7 Å². The van der Waals surface area contributed by atoms with Gasteiger partial charge in [0.25, 0.3) is 5.91 Å². The van der Waals surface area contributed by atoms with Gasteiger partial charge in [-0.3, -0.25) is 4.79 Å². The van der Waals surface area contributed by atoms with Crippen LogP contribution in [0.1, 0.15) is 37.2 Å². The van der Waals surface area contributed by atoms with E-state index in [9.17, 15) is 4.79 Å². The van der Waals surface area contributed by atoms with Crippen LogP contribution in [-0.4, -0.2) is 33.4 Å². The SMILES string of the molecule is CCC(C)(CCO)NC(=O)c1ccc(Cl)nn1. The van der Waals surface area contributed by atoms with Crippen LogP contribution in [-0.2, 0) is 0 Å². The molecule has 0 fully saturated rings. The Hall–Kier alpha value is -1.20. The van der Waals surface area contributed by atoms with Crippen LogP contribution in [0, 0.1) is 0 Å². The molecule has 6 heteroatoms. The zero-order valence-corrected chi connectivity index (χ0v) is 10.7. The highest BCUT2D eigenvalue weighted by molar-refractivity contribution is 6.29. The van der Waals surface area contributed by atoms with Crippen molar-refractivity contribution in [3.05, 3.63) is 23.0 Å². The molecule has 17 heavy (non-hydrogen) atoms. The second-order valence-corrected chi connectivity index (χ2v) is 4.47. The summed E-state index contributed by atoms with van der Waals surface area (Å²) in [5.41, 5.74) is -0.223.